The fourth-order valence-corrected chi connectivity index (χ4v) is 2.30. The average molecular weight is 155 g/mol. The van der Waals surface area contributed by atoms with Gasteiger partial charge in [0.25, 0.3) is 0 Å². The van der Waals surface area contributed by atoms with E-state index in [4.69, 9.17) is 0 Å². The van der Waals surface area contributed by atoms with Crippen molar-refractivity contribution >= 4 is 0 Å². The van der Waals surface area contributed by atoms with Crippen LogP contribution in [0.1, 0.15) is 26.2 Å². The van der Waals surface area contributed by atoms with Gasteiger partial charge in [-0.3, -0.25) is 4.90 Å². The molecule has 2 aliphatic heterocycles. The third-order valence-corrected chi connectivity index (χ3v) is 3.08. The molecule has 2 bridgehead atoms. The predicted molar refractivity (Wildman–Crippen MR) is 43.0 cm³/mol. The molecule has 1 fully saturated rings. The van der Waals surface area contributed by atoms with Crippen LogP contribution in [0.3, 0.4) is 0 Å². The van der Waals surface area contributed by atoms with Crippen LogP contribution >= 0.6 is 0 Å². The van der Waals surface area contributed by atoms with Crippen LogP contribution in [-0.2, 0) is 0 Å². The lowest BCUT2D eigenvalue weighted by molar-refractivity contribution is 0.218. The maximum atomic E-state index is 13.4. The fraction of sp³-hybridized carbons (Fsp3) is 0.778. The van der Waals surface area contributed by atoms with E-state index in [9.17, 15) is 4.39 Å². The highest BCUT2D eigenvalue weighted by atomic mass is 19.1. The maximum absolute atomic E-state index is 13.4. The summed E-state index contributed by atoms with van der Waals surface area (Å²) in [4.78, 5) is 2.18. The first kappa shape index (κ1) is 7.29. The molecule has 0 radical (unpaired) electrons. The molecule has 0 aromatic rings. The molecule has 62 valence electrons. The molecule has 0 amide bonds. The highest BCUT2D eigenvalue weighted by Crippen LogP contribution is 2.38. The lowest BCUT2D eigenvalue weighted by Gasteiger charge is -2.30. The van der Waals surface area contributed by atoms with Crippen LogP contribution < -0.4 is 0 Å². The molecule has 0 aromatic heterocycles. The van der Waals surface area contributed by atoms with Gasteiger partial charge in [0.2, 0.25) is 0 Å². The van der Waals surface area contributed by atoms with Gasteiger partial charge in [0.15, 0.2) is 0 Å². The SMILES string of the molecule is CC1=C(F)[C@@H]2CC[C@H](C1)N2C. The standard InChI is InChI=1S/C9H14FN/c1-6-5-7-3-4-8(9(6)10)11(7)2/h7-8H,3-5H2,1-2H3/t7-,8+/m1/s1. The minimum atomic E-state index is 0.119. The van der Waals surface area contributed by atoms with Crippen molar-refractivity contribution in [3.63, 3.8) is 0 Å². The van der Waals surface area contributed by atoms with E-state index in [2.05, 4.69) is 4.90 Å². The third-order valence-electron chi connectivity index (χ3n) is 3.08. The second-order valence-corrected chi connectivity index (χ2v) is 3.74. The Bertz CT molecular complexity index is 210. The van der Waals surface area contributed by atoms with Crippen molar-refractivity contribution in [3.8, 4) is 0 Å². The second-order valence-electron chi connectivity index (χ2n) is 3.74. The van der Waals surface area contributed by atoms with Gasteiger partial charge >= 0.3 is 0 Å². The quantitative estimate of drug-likeness (QED) is 0.517. The van der Waals surface area contributed by atoms with Crippen molar-refractivity contribution in [1.82, 2.24) is 4.90 Å². The summed E-state index contributed by atoms with van der Waals surface area (Å²) in [5, 5.41) is 0. The van der Waals surface area contributed by atoms with Gasteiger partial charge in [-0.05, 0) is 38.8 Å². The van der Waals surface area contributed by atoms with E-state index in [0.29, 0.717) is 6.04 Å². The average Bonchev–Trinajstić information content (AvgIpc) is 2.23. The number of likely N-dealkylation sites (N-methyl/N-ethyl adjacent to an activating group) is 1. The van der Waals surface area contributed by atoms with Crippen molar-refractivity contribution in [2.75, 3.05) is 7.05 Å². The van der Waals surface area contributed by atoms with E-state index in [-0.39, 0.29) is 11.9 Å². The zero-order chi connectivity index (χ0) is 8.01. The molecule has 0 saturated carbocycles. The van der Waals surface area contributed by atoms with E-state index in [0.717, 1.165) is 18.4 Å². The summed E-state index contributed by atoms with van der Waals surface area (Å²) < 4.78 is 13.4. The van der Waals surface area contributed by atoms with Crippen molar-refractivity contribution in [2.45, 2.75) is 38.3 Å². The number of rotatable bonds is 0. The highest BCUT2D eigenvalue weighted by Gasteiger charge is 2.38. The van der Waals surface area contributed by atoms with Crippen LogP contribution in [0.4, 0.5) is 4.39 Å². The Balaban J connectivity index is 2.32. The number of halogens is 1. The largest absolute Gasteiger partial charge is 0.294 e. The summed E-state index contributed by atoms with van der Waals surface area (Å²) in [6.07, 6.45) is 3.13. The maximum Gasteiger partial charge on any atom is 0.116 e. The van der Waals surface area contributed by atoms with Crippen LogP contribution in [0.2, 0.25) is 0 Å². The molecule has 2 heterocycles. The first-order valence-electron chi connectivity index (χ1n) is 4.27. The number of fused-ring (bicyclic) bond motifs is 2. The molecule has 0 spiro atoms. The molecule has 0 aliphatic carbocycles. The number of nitrogens with zero attached hydrogens (tertiary/aromatic N) is 1. The normalized spacial score (nSPS) is 38.5. The molecule has 0 N–H and O–H groups in total. The van der Waals surface area contributed by atoms with Crippen molar-refractivity contribution in [2.24, 2.45) is 0 Å². The summed E-state index contributed by atoms with van der Waals surface area (Å²) >= 11 is 0. The lowest BCUT2D eigenvalue weighted by Crippen LogP contribution is -2.36. The third kappa shape index (κ3) is 0.924. The summed E-state index contributed by atoms with van der Waals surface area (Å²) in [7, 11) is 2.04. The summed E-state index contributed by atoms with van der Waals surface area (Å²) in [5.41, 5.74) is 0.982. The van der Waals surface area contributed by atoms with Gasteiger partial charge in [-0.1, -0.05) is 0 Å². The number of hydrogen-bond donors (Lipinski definition) is 0. The van der Waals surface area contributed by atoms with E-state index in [1.165, 1.54) is 6.42 Å². The zero-order valence-electron chi connectivity index (χ0n) is 7.10. The molecule has 2 aliphatic rings. The van der Waals surface area contributed by atoms with Gasteiger partial charge < -0.3 is 0 Å². The van der Waals surface area contributed by atoms with Crippen molar-refractivity contribution in [3.05, 3.63) is 11.4 Å². The minimum absolute atomic E-state index is 0.119. The van der Waals surface area contributed by atoms with Gasteiger partial charge in [-0.25, -0.2) is 4.39 Å². The molecule has 2 atom stereocenters. The molecule has 1 saturated heterocycles. The Morgan fingerprint density at radius 3 is 2.91 bits per heavy atom. The predicted octanol–water partition coefficient (Wildman–Crippen LogP) is 2.10. The molecule has 2 heteroatoms. The minimum Gasteiger partial charge on any atom is -0.294 e. The molecule has 0 unspecified atom stereocenters. The Morgan fingerprint density at radius 1 is 1.45 bits per heavy atom. The van der Waals surface area contributed by atoms with Gasteiger partial charge in [0, 0.05) is 6.04 Å². The smallest absolute Gasteiger partial charge is 0.116 e. The van der Waals surface area contributed by atoms with E-state index >= 15 is 0 Å². The first-order valence-corrected chi connectivity index (χ1v) is 4.27. The van der Waals surface area contributed by atoms with Gasteiger partial charge in [0.05, 0.1) is 6.04 Å². The first-order chi connectivity index (χ1) is 5.20. The molecule has 11 heavy (non-hydrogen) atoms. The second kappa shape index (κ2) is 2.31. The van der Waals surface area contributed by atoms with E-state index in [1.807, 2.05) is 14.0 Å². The fourth-order valence-electron chi connectivity index (χ4n) is 2.30. The monoisotopic (exact) mass is 155 g/mol. The van der Waals surface area contributed by atoms with E-state index in [1.54, 1.807) is 0 Å². The Morgan fingerprint density at radius 2 is 2.18 bits per heavy atom. The summed E-state index contributed by atoms with van der Waals surface area (Å²) in [6.45, 7) is 1.92. The molecule has 0 aromatic carbocycles. The lowest BCUT2D eigenvalue weighted by atomic mass is 10.0. The van der Waals surface area contributed by atoms with Crippen LogP contribution in [0.15, 0.2) is 11.4 Å². The van der Waals surface area contributed by atoms with Crippen molar-refractivity contribution < 1.29 is 4.39 Å². The molecular formula is C9H14FN. The topological polar surface area (TPSA) is 3.24 Å². The highest BCUT2D eigenvalue weighted by molar-refractivity contribution is 5.20. The Labute approximate surface area is 66.9 Å². The molecule has 1 nitrogen and oxygen atoms in total. The van der Waals surface area contributed by atoms with Gasteiger partial charge in [-0.2, -0.15) is 0 Å². The van der Waals surface area contributed by atoms with Crippen LogP contribution in [-0.4, -0.2) is 24.0 Å². The Hall–Kier alpha value is -0.370. The van der Waals surface area contributed by atoms with Gasteiger partial charge in [-0.15, -0.1) is 0 Å². The van der Waals surface area contributed by atoms with Gasteiger partial charge in [0.1, 0.15) is 5.83 Å². The Kier molecular flexibility index (Phi) is 1.53. The van der Waals surface area contributed by atoms with E-state index < -0.39 is 0 Å². The van der Waals surface area contributed by atoms with Crippen molar-refractivity contribution in [1.29, 1.82) is 0 Å². The number of hydrogen-bond acceptors (Lipinski definition) is 1. The van der Waals surface area contributed by atoms with Crippen LogP contribution in [0.25, 0.3) is 0 Å². The molecule has 2 rings (SSSR count). The molecular weight excluding hydrogens is 141 g/mol. The summed E-state index contributed by atoms with van der Waals surface area (Å²) in [6, 6.07) is 0.744. The van der Waals surface area contributed by atoms with Crippen LogP contribution in [0.5, 0.6) is 0 Å². The summed E-state index contributed by atoms with van der Waals surface area (Å²) in [5.74, 6) is 0.140. The van der Waals surface area contributed by atoms with Crippen LogP contribution in [0, 0.1) is 0 Å². The zero-order valence-corrected chi connectivity index (χ0v) is 7.10.